The van der Waals surface area contributed by atoms with Crippen molar-refractivity contribution < 1.29 is 0 Å². The van der Waals surface area contributed by atoms with Gasteiger partial charge in [0.15, 0.2) is 0 Å². The Morgan fingerprint density at radius 3 is 2.64 bits per heavy atom. The van der Waals surface area contributed by atoms with E-state index in [1.54, 1.807) is 0 Å². The molecule has 0 bridgehead atoms. The van der Waals surface area contributed by atoms with Gasteiger partial charge in [0.25, 0.3) is 0 Å². The van der Waals surface area contributed by atoms with Crippen molar-refractivity contribution in [3.8, 4) is 11.3 Å². The number of hydrogen-bond acceptors (Lipinski definition) is 5. The molecule has 1 unspecified atom stereocenters. The Kier molecular flexibility index (Phi) is 8.89. The number of aromatic nitrogens is 5. The highest BCUT2D eigenvalue weighted by atomic mass is 15.3. The van der Waals surface area contributed by atoms with Crippen LogP contribution >= 0.6 is 0 Å². The zero-order valence-corrected chi connectivity index (χ0v) is 27.9. The summed E-state index contributed by atoms with van der Waals surface area (Å²) in [6.45, 7) is 17.2. The van der Waals surface area contributed by atoms with Crippen LogP contribution in [0.5, 0.6) is 0 Å². The van der Waals surface area contributed by atoms with Gasteiger partial charge in [-0.25, -0.2) is 4.98 Å². The molecule has 2 fully saturated rings. The van der Waals surface area contributed by atoms with Crippen LogP contribution < -0.4 is 10.6 Å². The van der Waals surface area contributed by atoms with E-state index in [1.807, 2.05) is 17.9 Å². The summed E-state index contributed by atoms with van der Waals surface area (Å²) < 4.78 is 4.23. The lowest BCUT2D eigenvalue weighted by molar-refractivity contribution is 0.249. The number of rotatable bonds is 11. The molecule has 1 aromatic carbocycles. The first-order chi connectivity index (χ1) is 21.7. The Morgan fingerprint density at radius 1 is 1.09 bits per heavy atom. The molecule has 1 aliphatic carbocycles. The van der Waals surface area contributed by atoms with Gasteiger partial charge in [0.1, 0.15) is 0 Å². The first kappa shape index (κ1) is 31.1. The lowest BCUT2D eigenvalue weighted by atomic mass is 9.76. The second kappa shape index (κ2) is 12.9. The molecule has 1 spiro atoms. The molecule has 238 valence electrons. The monoisotopic (exact) mass is 605 g/mol. The van der Waals surface area contributed by atoms with Gasteiger partial charge < -0.3 is 15.2 Å². The maximum absolute atomic E-state index is 6.49. The molecule has 1 atom stereocenters. The number of nitrogen functional groups attached to an aromatic ring is 1. The van der Waals surface area contributed by atoms with Crippen LogP contribution in [-0.4, -0.2) is 30.9 Å². The van der Waals surface area contributed by atoms with Crippen molar-refractivity contribution in [2.24, 2.45) is 18.4 Å². The Hall–Kier alpha value is -3.87. The Morgan fingerprint density at radius 2 is 1.89 bits per heavy atom. The standard InChI is InChI=1S/C38H51N7/c1-7-27(3)30-20-28(4)41-34(21-30)32-24-40-43(6)35(32)13-9-8-12-26(2)25-45-36-22-31(14-15-33(36)42-37(45)39)44-19-18-38(23-29(44)5)16-10-11-17-38/h14-15,20-22,24,26H,3,5,7-13,16-19,23,25H2,1-2,4,6H3,(H2,39,42). The van der Waals surface area contributed by atoms with Gasteiger partial charge in [0.05, 0.1) is 22.9 Å². The number of nitrogens with zero attached hydrogens (tertiary/aromatic N) is 6. The minimum absolute atomic E-state index is 0.479. The van der Waals surface area contributed by atoms with E-state index in [9.17, 15) is 0 Å². The van der Waals surface area contributed by atoms with E-state index >= 15 is 0 Å². The number of benzene rings is 1. The molecule has 1 saturated heterocycles. The number of unbranched alkanes of at least 4 members (excludes halogenated alkanes) is 1. The first-order valence-corrected chi connectivity index (χ1v) is 17.1. The highest BCUT2D eigenvalue weighted by Crippen LogP contribution is 2.49. The van der Waals surface area contributed by atoms with Crippen molar-refractivity contribution in [1.82, 2.24) is 24.3 Å². The van der Waals surface area contributed by atoms with Crippen molar-refractivity contribution in [3.05, 3.63) is 72.3 Å². The van der Waals surface area contributed by atoms with E-state index in [0.29, 0.717) is 17.3 Å². The number of aryl methyl sites for hydroxylation is 2. The summed E-state index contributed by atoms with van der Waals surface area (Å²) in [7, 11) is 2.04. The number of allylic oxidation sites excluding steroid dienone is 2. The summed E-state index contributed by atoms with van der Waals surface area (Å²) >= 11 is 0. The van der Waals surface area contributed by atoms with E-state index in [1.165, 1.54) is 54.7 Å². The van der Waals surface area contributed by atoms with Crippen molar-refractivity contribution >= 4 is 28.2 Å². The van der Waals surface area contributed by atoms with Crippen molar-refractivity contribution in [2.45, 2.75) is 97.9 Å². The fourth-order valence-electron chi connectivity index (χ4n) is 7.85. The van der Waals surface area contributed by atoms with Crippen LogP contribution in [0.3, 0.4) is 0 Å². The molecule has 1 saturated carbocycles. The highest BCUT2D eigenvalue weighted by Gasteiger charge is 2.38. The van der Waals surface area contributed by atoms with Crippen LogP contribution in [0.4, 0.5) is 11.6 Å². The molecule has 0 amide bonds. The van der Waals surface area contributed by atoms with E-state index in [0.717, 1.165) is 85.2 Å². The Balaban J connectivity index is 1.08. The summed E-state index contributed by atoms with van der Waals surface area (Å²) in [5, 5.41) is 4.60. The van der Waals surface area contributed by atoms with Crippen LogP contribution in [0.1, 0.15) is 95.0 Å². The van der Waals surface area contributed by atoms with Crippen molar-refractivity contribution in [3.63, 3.8) is 0 Å². The Labute approximate surface area is 269 Å². The van der Waals surface area contributed by atoms with Gasteiger partial charge in [-0.15, -0.1) is 0 Å². The molecule has 7 heteroatoms. The van der Waals surface area contributed by atoms with Gasteiger partial charge in [0, 0.05) is 48.5 Å². The highest BCUT2D eigenvalue weighted by molar-refractivity contribution is 5.83. The molecule has 4 aromatic rings. The third-order valence-corrected chi connectivity index (χ3v) is 10.5. The third-order valence-electron chi connectivity index (χ3n) is 10.5. The van der Waals surface area contributed by atoms with Crippen LogP contribution in [0.2, 0.25) is 0 Å². The topological polar surface area (TPSA) is 77.8 Å². The number of nitrogens with two attached hydrogens (primary N) is 1. The van der Waals surface area contributed by atoms with E-state index in [2.05, 4.69) is 78.8 Å². The van der Waals surface area contributed by atoms with E-state index in [-0.39, 0.29) is 0 Å². The summed E-state index contributed by atoms with van der Waals surface area (Å²) in [6.07, 6.45) is 15.1. The van der Waals surface area contributed by atoms with Crippen LogP contribution in [0.15, 0.2) is 55.4 Å². The molecule has 6 rings (SSSR count). The number of imidazole rings is 1. The Bertz CT molecular complexity index is 1700. The summed E-state index contributed by atoms with van der Waals surface area (Å²) in [6, 6.07) is 10.9. The molecule has 45 heavy (non-hydrogen) atoms. The molecule has 3 aromatic heterocycles. The zero-order valence-electron chi connectivity index (χ0n) is 27.9. The predicted octanol–water partition coefficient (Wildman–Crippen LogP) is 8.87. The molecular formula is C38H51N7. The fourth-order valence-corrected chi connectivity index (χ4v) is 7.85. The largest absolute Gasteiger partial charge is 0.369 e. The van der Waals surface area contributed by atoms with Gasteiger partial charge in [-0.3, -0.25) is 9.67 Å². The molecule has 2 aliphatic rings. The number of fused-ring (bicyclic) bond motifs is 1. The SMILES string of the molecule is C=C(CC)c1cc(C)nc(-c2cnn(C)c2CCCCC(C)Cn2c(N)nc3ccc(N4CCC5(CCCC5)CC4=C)cc32)c1. The summed E-state index contributed by atoms with van der Waals surface area (Å²) in [5.41, 5.74) is 18.2. The minimum Gasteiger partial charge on any atom is -0.369 e. The van der Waals surface area contributed by atoms with Crippen LogP contribution in [0, 0.1) is 18.3 Å². The quantitative estimate of drug-likeness (QED) is 0.173. The van der Waals surface area contributed by atoms with Gasteiger partial charge in [-0.05, 0) is 111 Å². The molecule has 0 radical (unpaired) electrons. The average Bonchev–Trinajstić information content (AvgIpc) is 3.71. The summed E-state index contributed by atoms with van der Waals surface area (Å²) in [4.78, 5) is 12.0. The smallest absolute Gasteiger partial charge is 0.201 e. The van der Waals surface area contributed by atoms with Crippen LogP contribution in [0.25, 0.3) is 27.9 Å². The van der Waals surface area contributed by atoms with Crippen molar-refractivity contribution in [1.29, 1.82) is 0 Å². The molecule has 7 nitrogen and oxygen atoms in total. The molecule has 4 heterocycles. The normalized spacial score (nSPS) is 17.1. The van der Waals surface area contributed by atoms with E-state index < -0.39 is 0 Å². The van der Waals surface area contributed by atoms with Gasteiger partial charge in [-0.2, -0.15) is 5.10 Å². The summed E-state index contributed by atoms with van der Waals surface area (Å²) in [5.74, 6) is 1.08. The lowest BCUT2D eigenvalue weighted by Crippen LogP contribution is -2.36. The molecule has 1 aliphatic heterocycles. The maximum Gasteiger partial charge on any atom is 0.201 e. The third kappa shape index (κ3) is 6.45. The molecular weight excluding hydrogens is 554 g/mol. The average molecular weight is 606 g/mol. The minimum atomic E-state index is 0.479. The number of piperidine rings is 1. The second-order valence-corrected chi connectivity index (χ2v) is 13.9. The van der Waals surface area contributed by atoms with Gasteiger partial charge in [-0.1, -0.05) is 46.3 Å². The number of anilines is 2. The fraction of sp³-hybridized carbons (Fsp3) is 0.500. The van der Waals surface area contributed by atoms with Gasteiger partial charge >= 0.3 is 0 Å². The number of hydrogen-bond donors (Lipinski definition) is 1. The lowest BCUT2D eigenvalue weighted by Gasteiger charge is -2.42. The van der Waals surface area contributed by atoms with Crippen molar-refractivity contribution in [2.75, 3.05) is 17.2 Å². The first-order valence-electron chi connectivity index (χ1n) is 17.1. The van der Waals surface area contributed by atoms with Gasteiger partial charge in [0.2, 0.25) is 5.95 Å². The zero-order chi connectivity index (χ0) is 31.7. The maximum atomic E-state index is 6.49. The second-order valence-electron chi connectivity index (χ2n) is 13.9. The molecule has 2 N–H and O–H groups in total. The number of pyridine rings is 1. The van der Waals surface area contributed by atoms with Crippen LogP contribution in [-0.2, 0) is 20.0 Å². The van der Waals surface area contributed by atoms with E-state index in [4.69, 9.17) is 15.7 Å². The predicted molar refractivity (Wildman–Crippen MR) is 188 cm³/mol.